The standard InChI is InChI=1S/C19H18F4N2O3/c1-2-28-17(27)18(19(21,22)23,24-12-13-8-10-15(20)11-9-13)25-16(26)14-6-4-3-5-7-14/h3-11,24H,2,12H2,1H3,(H,25,26)/p+1/t18-/m1/s1. The predicted molar refractivity (Wildman–Crippen MR) is 91.4 cm³/mol. The maximum absolute atomic E-state index is 14.0. The normalized spacial score (nSPS) is 13.5. The van der Waals surface area contributed by atoms with E-state index >= 15 is 0 Å². The van der Waals surface area contributed by atoms with E-state index in [4.69, 9.17) is 0 Å². The van der Waals surface area contributed by atoms with Gasteiger partial charge in [0.15, 0.2) is 0 Å². The highest BCUT2D eigenvalue weighted by Crippen LogP contribution is 2.27. The topological polar surface area (TPSA) is 72.0 Å². The Bertz CT molecular complexity index is 810. The Hall–Kier alpha value is -2.94. The van der Waals surface area contributed by atoms with E-state index in [-0.39, 0.29) is 18.7 Å². The molecule has 0 fully saturated rings. The van der Waals surface area contributed by atoms with Gasteiger partial charge in [-0.15, -0.1) is 0 Å². The number of hydrogen-bond acceptors (Lipinski definition) is 3. The minimum absolute atomic E-state index is 0.0457. The number of rotatable bonds is 7. The Labute approximate surface area is 158 Å². The number of nitrogens with two attached hydrogens (primary N) is 1. The first-order valence-electron chi connectivity index (χ1n) is 8.40. The Balaban J connectivity index is 2.37. The second kappa shape index (κ2) is 8.83. The van der Waals surface area contributed by atoms with Gasteiger partial charge in [-0.2, -0.15) is 13.2 Å². The highest BCUT2D eigenvalue weighted by atomic mass is 19.4. The van der Waals surface area contributed by atoms with E-state index < -0.39 is 29.5 Å². The van der Waals surface area contributed by atoms with Crippen molar-refractivity contribution < 1.29 is 37.2 Å². The number of carbonyl (C=O) groups excluding carboxylic acids is 2. The van der Waals surface area contributed by atoms with Gasteiger partial charge >= 0.3 is 17.8 Å². The maximum Gasteiger partial charge on any atom is 0.478 e. The van der Waals surface area contributed by atoms with Gasteiger partial charge in [0.1, 0.15) is 12.4 Å². The molecule has 5 nitrogen and oxygen atoms in total. The first-order valence-corrected chi connectivity index (χ1v) is 8.40. The Kier molecular flexibility index (Phi) is 6.74. The van der Waals surface area contributed by atoms with E-state index in [0.717, 1.165) is 12.1 Å². The van der Waals surface area contributed by atoms with Crippen LogP contribution in [0, 0.1) is 5.82 Å². The Morgan fingerprint density at radius 1 is 1.04 bits per heavy atom. The smallest absolute Gasteiger partial charge is 0.460 e. The number of quaternary nitrogens is 1. The predicted octanol–water partition coefficient (Wildman–Crippen LogP) is 2.14. The van der Waals surface area contributed by atoms with Gasteiger partial charge in [-0.05, 0) is 31.2 Å². The molecule has 28 heavy (non-hydrogen) atoms. The Morgan fingerprint density at radius 2 is 1.64 bits per heavy atom. The third kappa shape index (κ3) is 4.86. The second-order valence-corrected chi connectivity index (χ2v) is 5.88. The molecule has 1 atom stereocenters. The molecule has 2 aromatic rings. The molecule has 2 rings (SSSR count). The average Bonchev–Trinajstić information content (AvgIpc) is 2.66. The van der Waals surface area contributed by atoms with E-state index in [0.29, 0.717) is 10.9 Å². The molecule has 3 N–H and O–H groups in total. The monoisotopic (exact) mass is 399 g/mol. The van der Waals surface area contributed by atoms with Crippen molar-refractivity contribution >= 4 is 11.9 Å². The van der Waals surface area contributed by atoms with Crippen LogP contribution in [-0.4, -0.2) is 30.3 Å². The zero-order chi connectivity index (χ0) is 20.8. The van der Waals surface area contributed by atoms with E-state index in [9.17, 15) is 27.2 Å². The van der Waals surface area contributed by atoms with Crippen molar-refractivity contribution in [3.05, 3.63) is 71.5 Å². The van der Waals surface area contributed by atoms with Crippen LogP contribution in [0.5, 0.6) is 0 Å². The number of ether oxygens (including phenoxy) is 1. The summed E-state index contributed by atoms with van der Waals surface area (Å²) in [5.41, 5.74) is -3.08. The molecule has 0 radical (unpaired) electrons. The molecule has 150 valence electrons. The molecule has 0 aliphatic carbocycles. The van der Waals surface area contributed by atoms with E-state index in [1.54, 1.807) is 11.4 Å². The molecule has 0 saturated heterocycles. The first kappa shape index (κ1) is 21.4. The van der Waals surface area contributed by atoms with Crippen molar-refractivity contribution in [3.63, 3.8) is 0 Å². The SMILES string of the molecule is CCOC(=O)[C@](NC(=O)c1ccccc1)([NH2+]Cc1ccc(F)cc1)C(F)(F)F. The van der Waals surface area contributed by atoms with E-state index in [1.165, 1.54) is 43.3 Å². The molecule has 0 saturated carbocycles. The average molecular weight is 399 g/mol. The van der Waals surface area contributed by atoms with Gasteiger partial charge in [-0.3, -0.25) is 10.1 Å². The van der Waals surface area contributed by atoms with Crippen LogP contribution in [0.1, 0.15) is 22.8 Å². The number of nitrogens with one attached hydrogen (secondary N) is 1. The van der Waals surface area contributed by atoms with Gasteiger partial charge in [0.05, 0.1) is 6.61 Å². The molecule has 0 aromatic heterocycles. The maximum atomic E-state index is 14.0. The minimum atomic E-state index is -5.16. The fourth-order valence-electron chi connectivity index (χ4n) is 2.46. The molecule has 1 amide bonds. The van der Waals surface area contributed by atoms with E-state index in [2.05, 4.69) is 4.74 Å². The Morgan fingerprint density at radius 3 is 2.18 bits per heavy atom. The summed E-state index contributed by atoms with van der Waals surface area (Å²) in [5.74, 6) is -3.27. The fraction of sp³-hybridized carbons (Fsp3) is 0.263. The molecule has 0 heterocycles. The van der Waals surface area contributed by atoms with Crippen molar-refractivity contribution in [2.45, 2.75) is 25.3 Å². The largest absolute Gasteiger partial charge is 0.478 e. The summed E-state index contributed by atoms with van der Waals surface area (Å²) in [6.45, 7) is 0.702. The molecule has 0 aliphatic rings. The van der Waals surface area contributed by atoms with E-state index in [1.807, 2.05) is 0 Å². The van der Waals surface area contributed by atoms with Crippen LogP contribution in [0.2, 0.25) is 0 Å². The van der Waals surface area contributed by atoms with Crippen molar-refractivity contribution in [1.82, 2.24) is 5.32 Å². The van der Waals surface area contributed by atoms with Gasteiger partial charge in [0, 0.05) is 11.1 Å². The summed E-state index contributed by atoms with van der Waals surface area (Å²) in [7, 11) is 0. The fourth-order valence-corrected chi connectivity index (χ4v) is 2.46. The number of alkyl halides is 3. The highest BCUT2D eigenvalue weighted by Gasteiger charge is 2.67. The molecule has 0 spiro atoms. The van der Waals surface area contributed by atoms with Crippen LogP contribution in [-0.2, 0) is 16.1 Å². The zero-order valence-electron chi connectivity index (χ0n) is 14.9. The van der Waals surface area contributed by atoms with Gasteiger partial charge in [0.25, 0.3) is 5.91 Å². The minimum Gasteiger partial charge on any atom is -0.460 e. The number of hydrogen-bond donors (Lipinski definition) is 2. The number of benzene rings is 2. The molecule has 9 heteroatoms. The van der Waals surface area contributed by atoms with Crippen molar-refractivity contribution in [3.8, 4) is 0 Å². The van der Waals surface area contributed by atoms with Crippen LogP contribution in [0.25, 0.3) is 0 Å². The van der Waals surface area contributed by atoms with Gasteiger partial charge in [-0.1, -0.05) is 30.3 Å². The van der Waals surface area contributed by atoms with Crippen molar-refractivity contribution in [1.29, 1.82) is 0 Å². The number of esters is 1. The highest BCUT2D eigenvalue weighted by molar-refractivity contribution is 5.97. The molecular formula is C19H19F4N2O3+. The first-order chi connectivity index (χ1) is 13.2. The quantitative estimate of drug-likeness (QED) is 0.426. The lowest BCUT2D eigenvalue weighted by Gasteiger charge is -2.31. The van der Waals surface area contributed by atoms with Gasteiger partial charge in [-0.25, -0.2) is 9.18 Å². The van der Waals surface area contributed by atoms with Crippen LogP contribution in [0.4, 0.5) is 17.6 Å². The summed E-state index contributed by atoms with van der Waals surface area (Å²) >= 11 is 0. The number of carbonyl (C=O) groups is 2. The number of amides is 1. The van der Waals surface area contributed by atoms with Crippen LogP contribution in [0.3, 0.4) is 0 Å². The lowest BCUT2D eigenvalue weighted by Crippen LogP contribution is -3.06. The van der Waals surface area contributed by atoms with Crippen LogP contribution < -0.4 is 10.6 Å². The van der Waals surface area contributed by atoms with Crippen LogP contribution in [0.15, 0.2) is 54.6 Å². The molecule has 0 unspecified atom stereocenters. The molecule has 2 aromatic carbocycles. The van der Waals surface area contributed by atoms with Crippen molar-refractivity contribution in [2.24, 2.45) is 0 Å². The summed E-state index contributed by atoms with van der Waals surface area (Å²) in [6.07, 6.45) is -5.16. The summed E-state index contributed by atoms with van der Waals surface area (Å²) in [5, 5.41) is 2.41. The molecular weight excluding hydrogens is 380 g/mol. The lowest BCUT2D eigenvalue weighted by atomic mass is 10.1. The summed E-state index contributed by atoms with van der Waals surface area (Å²) < 4.78 is 59.6. The molecule has 0 aliphatic heterocycles. The second-order valence-electron chi connectivity index (χ2n) is 5.88. The lowest BCUT2D eigenvalue weighted by molar-refractivity contribution is -0.757. The third-order valence-corrected chi connectivity index (χ3v) is 3.95. The van der Waals surface area contributed by atoms with Gasteiger partial charge in [0.2, 0.25) is 0 Å². The van der Waals surface area contributed by atoms with Crippen LogP contribution >= 0.6 is 0 Å². The van der Waals surface area contributed by atoms with Crippen molar-refractivity contribution in [2.75, 3.05) is 6.61 Å². The zero-order valence-corrected chi connectivity index (χ0v) is 14.9. The summed E-state index contributed by atoms with van der Waals surface area (Å²) in [4.78, 5) is 24.7. The number of halogens is 4. The summed E-state index contributed by atoms with van der Waals surface area (Å²) in [6, 6.07) is 12.0. The van der Waals surface area contributed by atoms with Gasteiger partial charge < -0.3 is 10.1 Å². The molecule has 0 bridgehead atoms. The third-order valence-electron chi connectivity index (χ3n) is 3.95.